The molecular weight excluding hydrogens is 262 g/mol. The third kappa shape index (κ3) is 3.07. The van der Waals surface area contributed by atoms with Gasteiger partial charge in [-0.25, -0.2) is 0 Å². The van der Waals surface area contributed by atoms with Crippen LogP contribution in [-0.2, 0) is 0 Å². The van der Waals surface area contributed by atoms with Gasteiger partial charge in [-0.1, -0.05) is 0 Å². The third-order valence-corrected chi connectivity index (χ3v) is 2.33. The molecule has 0 aliphatic heterocycles. The number of hydrogen-bond acceptors (Lipinski definition) is 3. The average molecular weight is 276 g/mol. The Balaban J connectivity index is 2.82. The van der Waals surface area contributed by atoms with Crippen LogP contribution in [0, 0.1) is 6.92 Å². The second-order valence-corrected chi connectivity index (χ2v) is 4.84. The lowest BCUT2D eigenvalue weighted by Gasteiger charge is -2.22. The van der Waals surface area contributed by atoms with E-state index in [1.54, 1.807) is 26.8 Å². The van der Waals surface area contributed by atoms with Gasteiger partial charge in [-0.3, -0.25) is 4.79 Å². The molecule has 4 nitrogen and oxygen atoms in total. The average Bonchev–Trinajstić information content (AvgIpc) is 2.45. The Labute approximate surface area is 96.8 Å². The van der Waals surface area contributed by atoms with Crippen LogP contribution in [0.5, 0.6) is 0 Å². The molecule has 0 spiro atoms. The Morgan fingerprint density at radius 2 is 2.27 bits per heavy atom. The Morgan fingerprint density at radius 1 is 1.67 bits per heavy atom. The number of rotatable bonds is 3. The van der Waals surface area contributed by atoms with E-state index in [9.17, 15) is 4.79 Å². The van der Waals surface area contributed by atoms with Gasteiger partial charge in [0.2, 0.25) is 0 Å². The van der Waals surface area contributed by atoms with Gasteiger partial charge in [0.05, 0.1) is 12.1 Å². The number of amides is 1. The summed E-state index contributed by atoms with van der Waals surface area (Å²) in [5.41, 5.74) is 0.108. The largest absolute Gasteiger partial charge is 0.444 e. The van der Waals surface area contributed by atoms with Crippen LogP contribution in [0.3, 0.4) is 0 Å². The van der Waals surface area contributed by atoms with E-state index in [1.165, 1.54) is 0 Å². The lowest BCUT2D eigenvalue weighted by Crippen LogP contribution is -2.46. The number of carbonyl (C=O) groups excluding carboxylic acids is 1. The summed E-state index contributed by atoms with van der Waals surface area (Å²) < 4.78 is 5.71. The maximum Gasteiger partial charge on any atom is 0.287 e. The number of halogens is 1. The minimum Gasteiger partial charge on any atom is -0.444 e. The first-order chi connectivity index (χ1) is 6.85. The van der Waals surface area contributed by atoms with E-state index < -0.39 is 5.54 Å². The first kappa shape index (κ1) is 12.3. The summed E-state index contributed by atoms with van der Waals surface area (Å²) in [6, 6.07) is 1.72. The summed E-state index contributed by atoms with van der Waals surface area (Å²) in [4.78, 5) is 11.7. The zero-order valence-corrected chi connectivity index (χ0v) is 10.5. The minimum absolute atomic E-state index is 0.125. The van der Waals surface area contributed by atoms with Gasteiger partial charge in [-0.15, -0.1) is 0 Å². The molecule has 0 saturated heterocycles. The van der Waals surface area contributed by atoms with Crippen molar-refractivity contribution in [1.29, 1.82) is 0 Å². The second kappa shape index (κ2) is 4.37. The molecule has 5 heteroatoms. The second-order valence-electron chi connectivity index (χ2n) is 4.06. The van der Waals surface area contributed by atoms with E-state index in [1.807, 2.05) is 0 Å². The van der Waals surface area contributed by atoms with E-state index in [4.69, 9.17) is 9.52 Å². The lowest BCUT2D eigenvalue weighted by atomic mass is 10.1. The van der Waals surface area contributed by atoms with Crippen molar-refractivity contribution in [3.05, 3.63) is 22.1 Å². The van der Waals surface area contributed by atoms with Crippen LogP contribution < -0.4 is 5.32 Å². The van der Waals surface area contributed by atoms with Gasteiger partial charge in [0.1, 0.15) is 0 Å². The Hall–Kier alpha value is -0.810. The number of nitrogens with one attached hydrogen (secondary N) is 1. The molecule has 0 bridgehead atoms. The van der Waals surface area contributed by atoms with Crippen molar-refractivity contribution in [3.63, 3.8) is 0 Å². The molecule has 0 fully saturated rings. The van der Waals surface area contributed by atoms with Gasteiger partial charge >= 0.3 is 0 Å². The molecule has 1 aromatic rings. The number of aryl methyl sites for hydroxylation is 1. The van der Waals surface area contributed by atoms with Gasteiger partial charge in [0, 0.05) is 5.56 Å². The van der Waals surface area contributed by atoms with Crippen molar-refractivity contribution in [1.82, 2.24) is 5.32 Å². The third-order valence-electron chi connectivity index (χ3n) is 1.94. The molecule has 1 heterocycles. The maximum atomic E-state index is 11.7. The summed E-state index contributed by atoms with van der Waals surface area (Å²) in [7, 11) is 0. The van der Waals surface area contributed by atoms with Crippen molar-refractivity contribution in [2.24, 2.45) is 0 Å². The molecule has 0 aliphatic carbocycles. The summed E-state index contributed by atoms with van der Waals surface area (Å²) in [5.74, 6) is -0.0550. The van der Waals surface area contributed by atoms with Crippen LogP contribution >= 0.6 is 15.9 Å². The van der Waals surface area contributed by atoms with Crippen molar-refractivity contribution >= 4 is 21.8 Å². The molecule has 0 unspecified atom stereocenters. The first-order valence-corrected chi connectivity index (χ1v) is 5.34. The van der Waals surface area contributed by atoms with Crippen LogP contribution in [0.4, 0.5) is 0 Å². The van der Waals surface area contributed by atoms with Crippen molar-refractivity contribution in [2.45, 2.75) is 26.3 Å². The van der Waals surface area contributed by atoms with Crippen LogP contribution in [-0.4, -0.2) is 23.2 Å². The highest BCUT2D eigenvalue weighted by Gasteiger charge is 2.23. The van der Waals surface area contributed by atoms with E-state index in [-0.39, 0.29) is 18.3 Å². The van der Waals surface area contributed by atoms with Crippen LogP contribution in [0.1, 0.15) is 30.0 Å². The molecule has 0 aromatic carbocycles. The topological polar surface area (TPSA) is 62.5 Å². The molecule has 0 saturated carbocycles. The zero-order chi connectivity index (χ0) is 11.6. The van der Waals surface area contributed by atoms with Gasteiger partial charge < -0.3 is 14.8 Å². The summed E-state index contributed by atoms with van der Waals surface area (Å²) in [5, 5.41) is 11.7. The van der Waals surface area contributed by atoms with Gasteiger partial charge in [0.15, 0.2) is 10.4 Å². The van der Waals surface area contributed by atoms with Crippen LogP contribution in [0.15, 0.2) is 15.2 Å². The highest BCUT2D eigenvalue weighted by atomic mass is 79.9. The number of carbonyl (C=O) groups is 1. The van der Waals surface area contributed by atoms with E-state index >= 15 is 0 Å². The van der Waals surface area contributed by atoms with E-state index in [2.05, 4.69) is 21.2 Å². The van der Waals surface area contributed by atoms with Crippen molar-refractivity contribution in [2.75, 3.05) is 6.61 Å². The van der Waals surface area contributed by atoms with E-state index in [0.717, 1.165) is 5.56 Å². The summed E-state index contributed by atoms with van der Waals surface area (Å²) in [6.45, 7) is 5.13. The number of aliphatic hydroxyl groups is 1. The summed E-state index contributed by atoms with van der Waals surface area (Å²) >= 11 is 3.15. The summed E-state index contributed by atoms with van der Waals surface area (Å²) in [6.07, 6.45) is 0. The Bertz CT molecular complexity index is 371. The fourth-order valence-corrected chi connectivity index (χ4v) is 1.58. The number of furan rings is 1. The maximum absolute atomic E-state index is 11.7. The normalized spacial score (nSPS) is 11.5. The molecule has 0 atom stereocenters. The quantitative estimate of drug-likeness (QED) is 0.885. The van der Waals surface area contributed by atoms with Gasteiger partial charge in [-0.2, -0.15) is 0 Å². The van der Waals surface area contributed by atoms with E-state index in [0.29, 0.717) is 4.67 Å². The van der Waals surface area contributed by atoms with Crippen LogP contribution in [0.2, 0.25) is 0 Å². The fraction of sp³-hybridized carbons (Fsp3) is 0.500. The van der Waals surface area contributed by atoms with Crippen molar-refractivity contribution < 1.29 is 14.3 Å². The van der Waals surface area contributed by atoms with Crippen molar-refractivity contribution in [3.8, 4) is 0 Å². The Morgan fingerprint density at radius 3 is 2.67 bits per heavy atom. The molecule has 0 aliphatic rings. The number of aliphatic hydroxyl groups excluding tert-OH is 1. The standard InChI is InChI=1S/C10H14BrNO3/c1-6-4-7(11)15-8(6)9(14)12-10(2,3)5-13/h4,13H,5H2,1-3H3,(H,12,14). The lowest BCUT2D eigenvalue weighted by molar-refractivity contribution is 0.0839. The highest BCUT2D eigenvalue weighted by Crippen LogP contribution is 2.19. The molecule has 1 aromatic heterocycles. The Kier molecular flexibility index (Phi) is 3.57. The van der Waals surface area contributed by atoms with Crippen LogP contribution in [0.25, 0.3) is 0 Å². The molecule has 1 amide bonds. The predicted octanol–water partition coefficient (Wildman–Crippen LogP) is 1.85. The zero-order valence-electron chi connectivity index (χ0n) is 8.93. The smallest absolute Gasteiger partial charge is 0.287 e. The predicted molar refractivity (Wildman–Crippen MR) is 59.8 cm³/mol. The molecule has 84 valence electrons. The highest BCUT2D eigenvalue weighted by molar-refractivity contribution is 9.10. The monoisotopic (exact) mass is 275 g/mol. The van der Waals surface area contributed by atoms with Gasteiger partial charge in [-0.05, 0) is 42.8 Å². The molecular formula is C10H14BrNO3. The fourth-order valence-electron chi connectivity index (χ4n) is 1.07. The van der Waals surface area contributed by atoms with Gasteiger partial charge in [0.25, 0.3) is 5.91 Å². The molecule has 1 rings (SSSR count). The molecule has 0 radical (unpaired) electrons. The minimum atomic E-state index is -0.650. The number of hydrogen-bond donors (Lipinski definition) is 2. The first-order valence-electron chi connectivity index (χ1n) is 4.55. The molecule has 15 heavy (non-hydrogen) atoms. The molecule has 2 N–H and O–H groups in total. The SMILES string of the molecule is Cc1cc(Br)oc1C(=O)NC(C)(C)CO.